The molecule has 0 saturated carbocycles. The molecule has 0 aliphatic carbocycles. The molecule has 0 radical (unpaired) electrons. The van der Waals surface area contributed by atoms with Crippen LogP contribution in [0.4, 0.5) is 5.69 Å². The van der Waals surface area contributed by atoms with Crippen LogP contribution in [0.25, 0.3) is 22.5 Å². The predicted octanol–water partition coefficient (Wildman–Crippen LogP) is 6.34. The van der Waals surface area contributed by atoms with Crippen molar-refractivity contribution in [3.8, 4) is 28.3 Å². The summed E-state index contributed by atoms with van der Waals surface area (Å²) in [7, 11) is 1.60. The van der Waals surface area contributed by atoms with Gasteiger partial charge in [0, 0.05) is 22.9 Å². The molecule has 6 nitrogen and oxygen atoms in total. The van der Waals surface area contributed by atoms with Crippen LogP contribution < -0.4 is 10.1 Å². The molecule has 0 unspecified atom stereocenters. The van der Waals surface area contributed by atoms with Crippen molar-refractivity contribution in [3.63, 3.8) is 0 Å². The second kappa shape index (κ2) is 11.1. The highest BCUT2D eigenvalue weighted by molar-refractivity contribution is 8.00. The van der Waals surface area contributed by atoms with Gasteiger partial charge in [0.05, 0.1) is 12.4 Å². The molecule has 7 heteroatoms. The van der Waals surface area contributed by atoms with E-state index in [1.54, 1.807) is 13.2 Å². The average molecular weight is 485 g/mol. The molecule has 0 fully saturated rings. The third-order valence-electron chi connectivity index (χ3n) is 5.57. The monoisotopic (exact) mass is 484 g/mol. The second-order valence-electron chi connectivity index (χ2n) is 8.26. The number of hydrogen-bond donors (Lipinski definition) is 1. The molecule has 178 valence electrons. The minimum absolute atomic E-state index is 0.117. The summed E-state index contributed by atoms with van der Waals surface area (Å²) in [5.41, 5.74) is 6.39. The van der Waals surface area contributed by atoms with Crippen molar-refractivity contribution in [2.75, 3.05) is 12.4 Å². The molecule has 35 heavy (non-hydrogen) atoms. The van der Waals surface area contributed by atoms with Gasteiger partial charge in [-0.2, -0.15) is 0 Å². The van der Waals surface area contributed by atoms with Crippen LogP contribution in [0.1, 0.15) is 24.5 Å². The van der Waals surface area contributed by atoms with Gasteiger partial charge in [-0.25, -0.2) is 4.98 Å². The average Bonchev–Trinajstić information content (AvgIpc) is 2.88. The van der Waals surface area contributed by atoms with Gasteiger partial charge in [0.25, 0.3) is 0 Å². The van der Waals surface area contributed by atoms with E-state index in [4.69, 9.17) is 9.72 Å². The molecule has 1 atom stereocenters. The Morgan fingerprint density at radius 2 is 1.54 bits per heavy atom. The largest absolute Gasteiger partial charge is 0.497 e. The molecule has 4 rings (SSSR count). The third-order valence-corrected chi connectivity index (χ3v) is 6.78. The van der Waals surface area contributed by atoms with Crippen LogP contribution in [-0.2, 0) is 4.79 Å². The molecule has 0 bridgehead atoms. The maximum Gasteiger partial charge on any atom is 0.237 e. The minimum atomic E-state index is -0.376. The number of carbonyl (C=O) groups is 1. The van der Waals surface area contributed by atoms with Gasteiger partial charge in [-0.05, 0) is 32.4 Å². The first kappa shape index (κ1) is 24.4. The topological polar surface area (TPSA) is 77.0 Å². The Labute approximate surface area is 210 Å². The Kier molecular flexibility index (Phi) is 7.77. The number of aromatic nitrogens is 3. The number of methoxy groups -OCH3 is 1. The van der Waals surface area contributed by atoms with Gasteiger partial charge < -0.3 is 10.1 Å². The lowest BCUT2D eigenvalue weighted by atomic mass is 10.0. The Hall–Kier alpha value is -3.71. The standard InChI is InChI=1S/C28H28N4O2S/c1-5-24(27(33)29-22-7-6-8-23(17-22)34-4)35-28-30-25(20-13-9-18(2)10-14-20)26(31-32-28)21-15-11-19(3)12-16-21/h6-17,24H,5H2,1-4H3,(H,29,33)/t24-/m1/s1. The lowest BCUT2D eigenvalue weighted by molar-refractivity contribution is -0.115. The quantitative estimate of drug-likeness (QED) is 0.294. The van der Waals surface area contributed by atoms with Gasteiger partial charge in [-0.1, -0.05) is 84.4 Å². The number of thioether (sulfide) groups is 1. The summed E-state index contributed by atoms with van der Waals surface area (Å²) in [5, 5.41) is 12.0. The van der Waals surface area contributed by atoms with Crippen LogP contribution >= 0.6 is 11.8 Å². The Morgan fingerprint density at radius 1 is 0.914 bits per heavy atom. The lowest BCUT2D eigenvalue weighted by Crippen LogP contribution is -2.25. The van der Waals surface area contributed by atoms with Gasteiger partial charge >= 0.3 is 0 Å². The fourth-order valence-corrected chi connectivity index (χ4v) is 4.37. The summed E-state index contributed by atoms with van der Waals surface area (Å²) in [6, 6.07) is 23.7. The fraction of sp³-hybridized carbons (Fsp3) is 0.214. The van der Waals surface area contributed by atoms with Crippen LogP contribution in [0, 0.1) is 13.8 Å². The molecule has 1 amide bonds. The molecule has 4 aromatic rings. The molecule has 0 saturated heterocycles. The summed E-state index contributed by atoms with van der Waals surface area (Å²) >= 11 is 1.32. The van der Waals surface area contributed by atoms with Gasteiger partial charge in [-0.15, -0.1) is 10.2 Å². The maximum absolute atomic E-state index is 13.0. The van der Waals surface area contributed by atoms with Crippen LogP contribution in [0.15, 0.2) is 78.0 Å². The molecular weight excluding hydrogens is 456 g/mol. The Bertz CT molecular complexity index is 1310. The Morgan fingerprint density at radius 3 is 2.14 bits per heavy atom. The minimum Gasteiger partial charge on any atom is -0.497 e. The zero-order valence-corrected chi connectivity index (χ0v) is 21.1. The molecule has 0 aliphatic rings. The number of benzene rings is 3. The number of rotatable bonds is 8. The molecular formula is C28H28N4O2S. The first-order chi connectivity index (χ1) is 17.0. The van der Waals surface area contributed by atoms with E-state index in [-0.39, 0.29) is 11.2 Å². The van der Waals surface area contributed by atoms with Crippen molar-refractivity contribution in [2.45, 2.75) is 37.6 Å². The molecule has 1 heterocycles. The second-order valence-corrected chi connectivity index (χ2v) is 9.43. The fourth-order valence-electron chi connectivity index (χ4n) is 3.55. The summed E-state index contributed by atoms with van der Waals surface area (Å²) in [6.45, 7) is 6.07. The van der Waals surface area contributed by atoms with Crippen molar-refractivity contribution in [1.82, 2.24) is 15.2 Å². The smallest absolute Gasteiger partial charge is 0.237 e. The van der Waals surface area contributed by atoms with E-state index in [2.05, 4.69) is 53.6 Å². The number of nitrogens with one attached hydrogen (secondary N) is 1. The van der Waals surface area contributed by atoms with Gasteiger partial charge in [0.2, 0.25) is 11.1 Å². The van der Waals surface area contributed by atoms with Crippen molar-refractivity contribution >= 4 is 23.4 Å². The van der Waals surface area contributed by atoms with E-state index in [0.717, 1.165) is 16.8 Å². The van der Waals surface area contributed by atoms with Gasteiger partial charge in [0.15, 0.2) is 0 Å². The normalized spacial score (nSPS) is 11.7. The van der Waals surface area contributed by atoms with Crippen molar-refractivity contribution in [2.24, 2.45) is 0 Å². The first-order valence-corrected chi connectivity index (χ1v) is 12.3. The summed E-state index contributed by atoms with van der Waals surface area (Å²) in [4.78, 5) is 17.9. The maximum atomic E-state index is 13.0. The number of anilines is 1. The van der Waals surface area contributed by atoms with E-state index in [1.165, 1.54) is 22.9 Å². The van der Waals surface area contributed by atoms with Gasteiger partial charge in [0.1, 0.15) is 17.1 Å². The predicted molar refractivity (Wildman–Crippen MR) is 142 cm³/mol. The zero-order chi connectivity index (χ0) is 24.8. The van der Waals surface area contributed by atoms with Crippen LogP contribution in [-0.4, -0.2) is 33.4 Å². The van der Waals surface area contributed by atoms with E-state index in [9.17, 15) is 4.79 Å². The number of carbonyl (C=O) groups excluding carboxylic acids is 1. The first-order valence-electron chi connectivity index (χ1n) is 11.5. The van der Waals surface area contributed by atoms with E-state index < -0.39 is 0 Å². The number of amides is 1. The lowest BCUT2D eigenvalue weighted by Gasteiger charge is -2.15. The van der Waals surface area contributed by atoms with E-state index in [1.807, 2.05) is 49.4 Å². The molecule has 0 aliphatic heterocycles. The highest BCUT2D eigenvalue weighted by Crippen LogP contribution is 2.32. The highest BCUT2D eigenvalue weighted by Gasteiger charge is 2.22. The SMILES string of the molecule is CC[C@@H](Sc1nnc(-c2ccc(C)cc2)c(-c2ccc(C)cc2)n1)C(=O)Nc1cccc(OC)c1. The van der Waals surface area contributed by atoms with Crippen LogP contribution in [0.5, 0.6) is 5.75 Å². The van der Waals surface area contributed by atoms with Crippen LogP contribution in [0.3, 0.4) is 0 Å². The van der Waals surface area contributed by atoms with Crippen LogP contribution in [0.2, 0.25) is 0 Å². The van der Waals surface area contributed by atoms with Crippen molar-refractivity contribution in [3.05, 3.63) is 83.9 Å². The summed E-state index contributed by atoms with van der Waals surface area (Å²) in [6.07, 6.45) is 0.614. The van der Waals surface area contributed by atoms with Crippen molar-refractivity contribution < 1.29 is 9.53 Å². The van der Waals surface area contributed by atoms with Gasteiger partial charge in [-0.3, -0.25) is 4.79 Å². The number of ether oxygens (including phenoxy) is 1. The molecule has 1 aromatic heterocycles. The molecule has 0 spiro atoms. The summed E-state index contributed by atoms with van der Waals surface area (Å²) in [5.74, 6) is 0.569. The number of hydrogen-bond acceptors (Lipinski definition) is 6. The molecule has 1 N–H and O–H groups in total. The number of aryl methyl sites for hydroxylation is 2. The molecule has 3 aromatic carbocycles. The highest BCUT2D eigenvalue weighted by atomic mass is 32.2. The Balaban J connectivity index is 1.63. The van der Waals surface area contributed by atoms with E-state index in [0.29, 0.717) is 28.7 Å². The summed E-state index contributed by atoms with van der Waals surface area (Å²) < 4.78 is 5.25. The zero-order valence-electron chi connectivity index (χ0n) is 20.3. The van der Waals surface area contributed by atoms with Crippen molar-refractivity contribution in [1.29, 1.82) is 0 Å². The number of nitrogens with zero attached hydrogens (tertiary/aromatic N) is 3. The third kappa shape index (κ3) is 6.05. The van der Waals surface area contributed by atoms with E-state index >= 15 is 0 Å².